The highest BCUT2D eigenvalue weighted by atomic mass is 16.3. The molecule has 2 N–H and O–H groups in total. The molecule has 2 rings (SSSR count). The molecule has 0 amide bonds. The van der Waals surface area contributed by atoms with Crippen LogP contribution < -0.4 is 5.32 Å². The summed E-state index contributed by atoms with van der Waals surface area (Å²) in [4.78, 5) is 0. The highest BCUT2D eigenvalue weighted by Gasteiger charge is 2.14. The third-order valence-corrected chi connectivity index (χ3v) is 3.62. The molecule has 108 valence electrons. The molecule has 3 heteroatoms. The van der Waals surface area contributed by atoms with Gasteiger partial charge >= 0.3 is 0 Å². The summed E-state index contributed by atoms with van der Waals surface area (Å²) in [6.07, 6.45) is 0.401. The lowest BCUT2D eigenvalue weighted by Crippen LogP contribution is -2.24. The number of rotatable bonds is 6. The Kier molecular flexibility index (Phi) is 4.99. The molecule has 0 aliphatic rings. The number of aliphatic hydroxyl groups is 1. The fourth-order valence-corrected chi connectivity index (χ4v) is 2.28. The van der Waals surface area contributed by atoms with Crippen LogP contribution in [0.2, 0.25) is 0 Å². The Morgan fingerprint density at radius 2 is 1.95 bits per heavy atom. The van der Waals surface area contributed by atoms with Gasteiger partial charge in [0.05, 0.1) is 12.1 Å². The Hall–Kier alpha value is -1.58. The highest BCUT2D eigenvalue weighted by Crippen LogP contribution is 2.20. The molecule has 0 aliphatic heterocycles. The number of aliphatic hydroxyl groups excluding tert-OH is 1. The second-order valence-corrected chi connectivity index (χ2v) is 5.16. The van der Waals surface area contributed by atoms with E-state index in [1.165, 1.54) is 0 Å². The van der Waals surface area contributed by atoms with Crippen LogP contribution >= 0.6 is 0 Å². The molecule has 2 unspecified atom stereocenters. The SMILES string of the molecule is CCc1ccc(C(C)NCC(O)c2ccccc2C)o1. The normalized spacial score (nSPS) is 14.2. The van der Waals surface area contributed by atoms with Crippen LogP contribution in [-0.4, -0.2) is 11.7 Å². The lowest BCUT2D eigenvalue weighted by molar-refractivity contribution is 0.168. The fraction of sp³-hybridized carbons (Fsp3) is 0.412. The van der Waals surface area contributed by atoms with Crippen molar-refractivity contribution in [2.45, 2.75) is 39.3 Å². The minimum Gasteiger partial charge on any atom is -0.464 e. The van der Waals surface area contributed by atoms with Crippen LogP contribution in [0.25, 0.3) is 0 Å². The minimum atomic E-state index is -0.501. The largest absolute Gasteiger partial charge is 0.464 e. The maximum absolute atomic E-state index is 10.3. The van der Waals surface area contributed by atoms with Crippen molar-refractivity contribution in [3.63, 3.8) is 0 Å². The van der Waals surface area contributed by atoms with Crippen molar-refractivity contribution >= 4 is 0 Å². The molecule has 0 saturated heterocycles. The summed E-state index contributed by atoms with van der Waals surface area (Å²) in [6, 6.07) is 12.0. The van der Waals surface area contributed by atoms with Gasteiger partial charge < -0.3 is 14.8 Å². The first-order chi connectivity index (χ1) is 9.61. The Bertz CT molecular complexity index is 547. The number of aryl methyl sites for hydroxylation is 2. The summed E-state index contributed by atoms with van der Waals surface area (Å²) in [5.41, 5.74) is 2.08. The van der Waals surface area contributed by atoms with Gasteiger partial charge in [-0.25, -0.2) is 0 Å². The van der Waals surface area contributed by atoms with Gasteiger partial charge in [-0.3, -0.25) is 0 Å². The monoisotopic (exact) mass is 273 g/mol. The summed E-state index contributed by atoms with van der Waals surface area (Å²) < 4.78 is 5.71. The van der Waals surface area contributed by atoms with Crippen LogP contribution in [0.1, 0.15) is 48.6 Å². The number of hydrogen-bond acceptors (Lipinski definition) is 3. The third-order valence-electron chi connectivity index (χ3n) is 3.62. The maximum atomic E-state index is 10.3. The van der Waals surface area contributed by atoms with Gasteiger partial charge in [0.2, 0.25) is 0 Å². The quantitative estimate of drug-likeness (QED) is 0.846. The minimum absolute atomic E-state index is 0.0916. The highest BCUT2D eigenvalue weighted by molar-refractivity contribution is 5.27. The molecule has 1 heterocycles. The first-order valence-corrected chi connectivity index (χ1v) is 7.17. The van der Waals surface area contributed by atoms with E-state index in [1.807, 2.05) is 50.2 Å². The summed E-state index contributed by atoms with van der Waals surface area (Å²) >= 11 is 0. The Labute approximate surface area is 120 Å². The standard InChI is InChI=1S/C17H23NO2/c1-4-14-9-10-17(20-14)13(3)18-11-16(19)15-8-6-5-7-12(15)2/h5-10,13,16,18-19H,4,11H2,1-3H3. The van der Waals surface area contributed by atoms with Gasteiger partial charge in [0.1, 0.15) is 11.5 Å². The molecule has 0 saturated carbocycles. The zero-order chi connectivity index (χ0) is 14.5. The molecule has 0 fully saturated rings. The van der Waals surface area contributed by atoms with E-state index < -0.39 is 6.10 Å². The average Bonchev–Trinajstić information content (AvgIpc) is 2.94. The topological polar surface area (TPSA) is 45.4 Å². The van der Waals surface area contributed by atoms with E-state index in [2.05, 4.69) is 12.2 Å². The summed E-state index contributed by atoms with van der Waals surface area (Å²) in [7, 11) is 0. The van der Waals surface area contributed by atoms with Gasteiger partial charge in [-0.15, -0.1) is 0 Å². The number of hydrogen-bond donors (Lipinski definition) is 2. The zero-order valence-electron chi connectivity index (χ0n) is 12.4. The van der Waals surface area contributed by atoms with Gasteiger partial charge in [-0.1, -0.05) is 31.2 Å². The van der Waals surface area contributed by atoms with Gasteiger partial charge in [0, 0.05) is 13.0 Å². The second kappa shape index (κ2) is 6.73. The summed E-state index contributed by atoms with van der Waals surface area (Å²) in [5, 5.41) is 13.6. The molecule has 3 nitrogen and oxygen atoms in total. The predicted molar refractivity (Wildman–Crippen MR) is 80.6 cm³/mol. The van der Waals surface area contributed by atoms with Crippen molar-refractivity contribution in [1.29, 1.82) is 0 Å². The molecule has 0 aliphatic carbocycles. The van der Waals surface area contributed by atoms with Crippen LogP contribution in [0, 0.1) is 6.92 Å². The van der Waals surface area contributed by atoms with Crippen molar-refractivity contribution in [1.82, 2.24) is 5.32 Å². The first kappa shape index (κ1) is 14.8. The number of nitrogens with one attached hydrogen (secondary N) is 1. The van der Waals surface area contributed by atoms with Gasteiger partial charge in [-0.05, 0) is 37.1 Å². The summed E-state index contributed by atoms with van der Waals surface area (Å²) in [6.45, 7) is 6.64. The van der Waals surface area contributed by atoms with Crippen molar-refractivity contribution in [2.75, 3.05) is 6.54 Å². The van der Waals surface area contributed by atoms with Crippen molar-refractivity contribution in [2.24, 2.45) is 0 Å². The van der Waals surface area contributed by atoms with E-state index in [-0.39, 0.29) is 6.04 Å². The molecule has 20 heavy (non-hydrogen) atoms. The molecule has 0 radical (unpaired) electrons. The fourth-order valence-electron chi connectivity index (χ4n) is 2.28. The predicted octanol–water partition coefficient (Wildman–Crippen LogP) is 3.53. The van der Waals surface area contributed by atoms with Gasteiger partial charge in [0.15, 0.2) is 0 Å². The Morgan fingerprint density at radius 3 is 2.60 bits per heavy atom. The van der Waals surface area contributed by atoms with Crippen LogP contribution in [0.5, 0.6) is 0 Å². The second-order valence-electron chi connectivity index (χ2n) is 5.16. The van der Waals surface area contributed by atoms with E-state index >= 15 is 0 Å². The van der Waals surface area contributed by atoms with E-state index in [0.29, 0.717) is 6.54 Å². The summed E-state index contributed by atoms with van der Waals surface area (Å²) in [5.74, 6) is 1.91. The smallest absolute Gasteiger partial charge is 0.120 e. The van der Waals surface area contributed by atoms with Crippen LogP contribution in [0.15, 0.2) is 40.8 Å². The van der Waals surface area contributed by atoms with Crippen molar-refractivity contribution in [3.8, 4) is 0 Å². The molecular formula is C17H23NO2. The third kappa shape index (κ3) is 3.50. The molecule has 2 aromatic rings. The number of benzene rings is 1. The molecule has 0 spiro atoms. The molecule has 2 atom stereocenters. The Morgan fingerprint density at radius 1 is 1.20 bits per heavy atom. The molecule has 0 bridgehead atoms. The lowest BCUT2D eigenvalue weighted by Gasteiger charge is -2.17. The van der Waals surface area contributed by atoms with Crippen LogP contribution in [0.3, 0.4) is 0 Å². The van der Waals surface area contributed by atoms with E-state index in [4.69, 9.17) is 4.42 Å². The van der Waals surface area contributed by atoms with E-state index in [1.54, 1.807) is 0 Å². The van der Waals surface area contributed by atoms with Crippen molar-refractivity contribution in [3.05, 3.63) is 59.0 Å². The first-order valence-electron chi connectivity index (χ1n) is 7.17. The number of furan rings is 1. The zero-order valence-corrected chi connectivity index (χ0v) is 12.4. The lowest BCUT2D eigenvalue weighted by atomic mass is 10.0. The van der Waals surface area contributed by atoms with Gasteiger partial charge in [0.25, 0.3) is 0 Å². The van der Waals surface area contributed by atoms with Gasteiger partial charge in [-0.2, -0.15) is 0 Å². The van der Waals surface area contributed by atoms with Crippen LogP contribution in [-0.2, 0) is 6.42 Å². The Balaban J connectivity index is 1.93. The molecular weight excluding hydrogens is 250 g/mol. The molecule has 1 aromatic carbocycles. The average molecular weight is 273 g/mol. The van der Waals surface area contributed by atoms with E-state index in [0.717, 1.165) is 29.1 Å². The maximum Gasteiger partial charge on any atom is 0.120 e. The van der Waals surface area contributed by atoms with E-state index in [9.17, 15) is 5.11 Å². The van der Waals surface area contributed by atoms with Crippen LogP contribution in [0.4, 0.5) is 0 Å². The van der Waals surface area contributed by atoms with Crippen molar-refractivity contribution < 1.29 is 9.52 Å². The molecule has 1 aromatic heterocycles.